The van der Waals surface area contributed by atoms with Crippen LogP contribution in [0.3, 0.4) is 0 Å². The van der Waals surface area contributed by atoms with Gasteiger partial charge < -0.3 is 15.4 Å². The molecule has 0 spiro atoms. The highest BCUT2D eigenvalue weighted by Gasteiger charge is 2.42. The smallest absolute Gasteiger partial charge is 0.417 e. The first kappa shape index (κ1) is 33.4. The maximum Gasteiger partial charge on any atom is 0.417 e. The van der Waals surface area contributed by atoms with Crippen LogP contribution in [0.5, 0.6) is 0 Å². The van der Waals surface area contributed by atoms with Gasteiger partial charge in [-0.1, -0.05) is 86.6 Å². The highest BCUT2D eigenvalue weighted by Crippen LogP contribution is 2.32. The molecule has 1 unspecified atom stereocenters. The molecule has 0 aromatic heterocycles. The largest absolute Gasteiger partial charge is 0.446 e. The van der Waals surface area contributed by atoms with Crippen molar-refractivity contribution in [3.05, 3.63) is 131 Å². The zero-order valence-corrected chi connectivity index (χ0v) is 27.3. The van der Waals surface area contributed by atoms with Crippen molar-refractivity contribution in [3.8, 4) is 0 Å². The third-order valence-electron chi connectivity index (χ3n) is 8.49. The van der Waals surface area contributed by atoms with Crippen LogP contribution in [0.1, 0.15) is 46.9 Å². The molecule has 3 amide bonds. The molecule has 1 aliphatic heterocycles. The topological polar surface area (TPSA) is 122 Å². The monoisotopic (exact) mass is 653 g/mol. The van der Waals surface area contributed by atoms with Crippen LogP contribution in [0.15, 0.2) is 114 Å². The van der Waals surface area contributed by atoms with Gasteiger partial charge in [-0.05, 0) is 65.4 Å². The summed E-state index contributed by atoms with van der Waals surface area (Å²) in [4.78, 5) is 41.3. The molecule has 1 saturated heterocycles. The van der Waals surface area contributed by atoms with Gasteiger partial charge in [-0.2, -0.15) is 0 Å². The minimum atomic E-state index is -3.28. The van der Waals surface area contributed by atoms with Crippen molar-refractivity contribution in [3.63, 3.8) is 0 Å². The highest BCUT2D eigenvalue weighted by atomic mass is 32.2. The Bertz CT molecular complexity index is 1780. The SMILES string of the molecule is CCS(=O)(=O)c1ccc(CNC(=O)c2ccc(NC[C@H](C(=O)N3C(=O)OC[C@@H]3c3ccccc3)C(C)Cc3ccccc3)cc2)cc1. The minimum absolute atomic E-state index is 0.0272. The standard InChI is InChI=1S/C37H39N3O6S/c1-3-47(44,45)32-20-14-28(15-21-32)23-39-35(41)30-16-18-31(19-17-30)38-24-33(26(2)22-27-10-6-4-7-11-27)36(42)40-34(25-46-37(40)43)29-12-8-5-9-13-29/h4-21,26,33-34,38H,3,22-25H2,1-2H3,(H,39,41)/t26?,33-,34+/m0/s1. The number of carbonyl (C=O) groups is 3. The lowest BCUT2D eigenvalue weighted by Crippen LogP contribution is -2.43. The molecule has 3 atom stereocenters. The number of cyclic esters (lactones) is 1. The molecular formula is C37H39N3O6S. The van der Waals surface area contributed by atoms with Crippen LogP contribution in [-0.4, -0.2) is 50.1 Å². The Balaban J connectivity index is 1.25. The molecule has 4 aromatic carbocycles. The van der Waals surface area contributed by atoms with E-state index in [1.807, 2.05) is 67.6 Å². The molecule has 0 aliphatic carbocycles. The fraction of sp³-hybridized carbons (Fsp3) is 0.270. The number of ether oxygens (including phenoxy) is 1. The first-order valence-electron chi connectivity index (χ1n) is 15.7. The van der Waals surface area contributed by atoms with Crippen molar-refractivity contribution in [2.24, 2.45) is 11.8 Å². The lowest BCUT2D eigenvalue weighted by Gasteiger charge is -2.29. The second kappa shape index (κ2) is 15.1. The zero-order valence-electron chi connectivity index (χ0n) is 26.5. The van der Waals surface area contributed by atoms with E-state index >= 15 is 0 Å². The van der Waals surface area contributed by atoms with Gasteiger partial charge >= 0.3 is 6.09 Å². The van der Waals surface area contributed by atoms with Gasteiger partial charge in [0, 0.05) is 24.3 Å². The summed E-state index contributed by atoms with van der Waals surface area (Å²) in [5, 5.41) is 6.21. The number of nitrogens with zero attached hydrogens (tertiary/aromatic N) is 1. The number of hydrogen-bond donors (Lipinski definition) is 2. The van der Waals surface area contributed by atoms with Crippen molar-refractivity contribution in [2.75, 3.05) is 24.2 Å². The van der Waals surface area contributed by atoms with E-state index < -0.39 is 27.9 Å². The Labute approximate surface area is 275 Å². The molecule has 9 nitrogen and oxygen atoms in total. The van der Waals surface area contributed by atoms with Gasteiger partial charge in [0.25, 0.3) is 5.91 Å². The van der Waals surface area contributed by atoms with Gasteiger partial charge in [-0.25, -0.2) is 18.1 Å². The lowest BCUT2D eigenvalue weighted by atomic mass is 9.86. The molecule has 1 heterocycles. The molecule has 244 valence electrons. The van der Waals surface area contributed by atoms with E-state index in [0.29, 0.717) is 12.0 Å². The number of sulfone groups is 1. The van der Waals surface area contributed by atoms with Gasteiger partial charge in [-0.15, -0.1) is 0 Å². The van der Waals surface area contributed by atoms with Crippen LogP contribution in [0.2, 0.25) is 0 Å². The average Bonchev–Trinajstić information content (AvgIpc) is 3.49. The number of anilines is 1. The van der Waals surface area contributed by atoms with Crippen LogP contribution >= 0.6 is 0 Å². The maximum atomic E-state index is 14.1. The summed E-state index contributed by atoms with van der Waals surface area (Å²) in [6.07, 6.45) is 0.00621. The van der Waals surface area contributed by atoms with E-state index in [-0.39, 0.29) is 48.1 Å². The van der Waals surface area contributed by atoms with Crippen LogP contribution < -0.4 is 10.6 Å². The van der Waals surface area contributed by atoms with Crippen molar-refractivity contribution in [1.82, 2.24) is 10.2 Å². The Hall–Kier alpha value is -4.96. The Morgan fingerprint density at radius 2 is 1.51 bits per heavy atom. The van der Waals surface area contributed by atoms with Crippen molar-refractivity contribution < 1.29 is 27.5 Å². The zero-order chi connectivity index (χ0) is 33.4. The quantitative estimate of drug-likeness (QED) is 0.181. The van der Waals surface area contributed by atoms with E-state index in [9.17, 15) is 22.8 Å². The number of rotatable bonds is 13. The van der Waals surface area contributed by atoms with Crippen LogP contribution in [0.25, 0.3) is 0 Å². The second-order valence-corrected chi connectivity index (χ2v) is 14.0. The number of hydrogen-bond acceptors (Lipinski definition) is 7. The van der Waals surface area contributed by atoms with Gasteiger partial charge in [0.1, 0.15) is 12.6 Å². The van der Waals surface area contributed by atoms with E-state index in [1.165, 1.54) is 4.90 Å². The van der Waals surface area contributed by atoms with Crippen molar-refractivity contribution >= 4 is 33.4 Å². The van der Waals surface area contributed by atoms with Gasteiger partial charge in [0.15, 0.2) is 9.84 Å². The molecule has 1 aliphatic rings. The summed E-state index contributed by atoms with van der Waals surface area (Å²) in [5.41, 5.74) is 3.89. The fourth-order valence-corrected chi connectivity index (χ4v) is 6.54. The summed E-state index contributed by atoms with van der Waals surface area (Å²) in [5.74, 6) is -1.20. The summed E-state index contributed by atoms with van der Waals surface area (Å²) in [6, 6.07) is 32.3. The summed E-state index contributed by atoms with van der Waals surface area (Å²) in [7, 11) is -3.28. The molecular weight excluding hydrogens is 614 g/mol. The number of nitrogens with one attached hydrogen (secondary N) is 2. The van der Waals surface area contributed by atoms with Gasteiger partial charge in [0.2, 0.25) is 5.91 Å². The fourth-order valence-electron chi connectivity index (χ4n) is 5.66. The predicted octanol–water partition coefficient (Wildman–Crippen LogP) is 6.04. The molecule has 0 bridgehead atoms. The third kappa shape index (κ3) is 8.26. The Kier molecular flexibility index (Phi) is 10.7. The molecule has 4 aromatic rings. The lowest BCUT2D eigenvalue weighted by molar-refractivity contribution is -0.134. The van der Waals surface area contributed by atoms with Crippen molar-refractivity contribution in [2.45, 2.75) is 37.8 Å². The Morgan fingerprint density at radius 1 is 0.872 bits per heavy atom. The number of imide groups is 1. The molecule has 5 rings (SSSR count). The minimum Gasteiger partial charge on any atom is -0.446 e. The van der Waals surface area contributed by atoms with Crippen LogP contribution in [0.4, 0.5) is 10.5 Å². The predicted molar refractivity (Wildman–Crippen MR) is 180 cm³/mol. The first-order chi connectivity index (χ1) is 22.7. The molecule has 0 saturated carbocycles. The van der Waals surface area contributed by atoms with Crippen LogP contribution in [-0.2, 0) is 32.3 Å². The van der Waals surface area contributed by atoms with E-state index in [1.54, 1.807) is 55.5 Å². The average molecular weight is 654 g/mol. The molecule has 10 heteroatoms. The molecule has 1 fully saturated rings. The Morgan fingerprint density at radius 3 is 2.15 bits per heavy atom. The molecule has 2 N–H and O–H groups in total. The summed E-state index contributed by atoms with van der Waals surface area (Å²) < 4.78 is 29.4. The van der Waals surface area contributed by atoms with Crippen LogP contribution in [0, 0.1) is 11.8 Å². The molecule has 0 radical (unpaired) electrons. The number of carbonyl (C=O) groups excluding carboxylic acids is 3. The van der Waals surface area contributed by atoms with E-state index in [4.69, 9.17) is 4.74 Å². The number of benzene rings is 4. The normalized spacial score (nSPS) is 15.8. The van der Waals surface area contributed by atoms with Gasteiger partial charge in [0.05, 0.1) is 16.6 Å². The third-order valence-corrected chi connectivity index (χ3v) is 10.2. The highest BCUT2D eigenvalue weighted by molar-refractivity contribution is 7.91. The second-order valence-electron chi connectivity index (χ2n) is 11.7. The summed E-state index contributed by atoms with van der Waals surface area (Å²) >= 11 is 0. The van der Waals surface area contributed by atoms with Gasteiger partial charge in [-0.3, -0.25) is 9.59 Å². The number of amides is 3. The van der Waals surface area contributed by atoms with E-state index in [0.717, 1.165) is 22.4 Å². The van der Waals surface area contributed by atoms with E-state index in [2.05, 4.69) is 10.6 Å². The first-order valence-corrected chi connectivity index (χ1v) is 17.3. The van der Waals surface area contributed by atoms with Crippen molar-refractivity contribution in [1.29, 1.82) is 0 Å². The molecule has 47 heavy (non-hydrogen) atoms. The summed E-state index contributed by atoms with van der Waals surface area (Å²) in [6.45, 7) is 4.24. The maximum absolute atomic E-state index is 14.1.